The molecule has 0 saturated carbocycles. The summed E-state index contributed by atoms with van der Waals surface area (Å²) in [5, 5.41) is 11.7. The number of aromatic hydroxyl groups is 1. The Morgan fingerprint density at radius 2 is 2.18 bits per heavy atom. The molecular formula is C12H13NO4. The Bertz CT molecular complexity index is 411. The summed E-state index contributed by atoms with van der Waals surface area (Å²) in [5.74, 6) is -0.0762. The molecule has 1 amide bonds. The van der Waals surface area contributed by atoms with Crippen LogP contribution in [0.2, 0.25) is 0 Å². The lowest BCUT2D eigenvalue weighted by molar-refractivity contribution is -0.125. The molecule has 1 aliphatic heterocycles. The van der Waals surface area contributed by atoms with Crippen molar-refractivity contribution in [2.75, 3.05) is 6.61 Å². The van der Waals surface area contributed by atoms with Crippen LogP contribution in [0.25, 0.3) is 0 Å². The highest BCUT2D eigenvalue weighted by Crippen LogP contribution is 2.12. The smallest absolute Gasteiger partial charge is 0.252 e. The lowest BCUT2D eigenvalue weighted by atomic mass is 10.1. The fraction of sp³-hybridized carbons (Fsp3) is 0.333. The van der Waals surface area contributed by atoms with E-state index in [9.17, 15) is 9.59 Å². The molecular weight excluding hydrogens is 222 g/mol. The molecule has 0 bridgehead atoms. The third-order valence-corrected chi connectivity index (χ3v) is 2.51. The molecule has 5 heteroatoms. The average molecular weight is 235 g/mol. The molecule has 2 atom stereocenters. The molecule has 5 nitrogen and oxygen atoms in total. The Hall–Kier alpha value is -1.88. The van der Waals surface area contributed by atoms with Gasteiger partial charge in [-0.15, -0.1) is 0 Å². The van der Waals surface area contributed by atoms with E-state index in [2.05, 4.69) is 5.32 Å². The maximum Gasteiger partial charge on any atom is 0.252 e. The first-order valence-corrected chi connectivity index (χ1v) is 5.34. The van der Waals surface area contributed by atoms with E-state index in [1.54, 1.807) is 24.3 Å². The normalized spacial score (nSPS) is 19.4. The van der Waals surface area contributed by atoms with Gasteiger partial charge in [0.1, 0.15) is 12.0 Å². The summed E-state index contributed by atoms with van der Waals surface area (Å²) in [5.41, 5.74) is 0.872. The molecule has 1 aromatic rings. The lowest BCUT2D eigenvalue weighted by Gasteiger charge is -2.11. The number of hydrogen-bond acceptors (Lipinski definition) is 4. The number of nitrogens with one attached hydrogen (secondary N) is 1. The van der Waals surface area contributed by atoms with E-state index in [1.165, 1.54) is 0 Å². The SMILES string of the molecule is O=C[C@H](Cc1ccc(O)cc1)NC(=O)[C@@H]1CO1. The fourth-order valence-electron chi connectivity index (χ4n) is 1.49. The number of ether oxygens (including phenoxy) is 1. The van der Waals surface area contributed by atoms with E-state index < -0.39 is 12.1 Å². The first kappa shape index (κ1) is 11.6. The number of phenols is 1. The van der Waals surface area contributed by atoms with Gasteiger partial charge in [-0.25, -0.2) is 0 Å². The molecule has 0 unspecified atom stereocenters. The molecule has 0 aliphatic carbocycles. The Morgan fingerprint density at radius 1 is 1.53 bits per heavy atom. The van der Waals surface area contributed by atoms with E-state index >= 15 is 0 Å². The summed E-state index contributed by atoms with van der Waals surface area (Å²) < 4.78 is 4.82. The van der Waals surface area contributed by atoms with Crippen LogP contribution in [0.3, 0.4) is 0 Å². The van der Waals surface area contributed by atoms with Gasteiger partial charge < -0.3 is 20.0 Å². The highest BCUT2D eigenvalue weighted by molar-refractivity contribution is 5.85. The second-order valence-corrected chi connectivity index (χ2v) is 3.94. The summed E-state index contributed by atoms with van der Waals surface area (Å²) >= 11 is 0. The van der Waals surface area contributed by atoms with Crippen molar-refractivity contribution in [3.05, 3.63) is 29.8 Å². The van der Waals surface area contributed by atoms with Crippen LogP contribution in [0.1, 0.15) is 5.56 Å². The van der Waals surface area contributed by atoms with E-state index in [1.807, 2.05) is 0 Å². The molecule has 2 rings (SSSR count). The fourth-order valence-corrected chi connectivity index (χ4v) is 1.49. The monoisotopic (exact) mass is 235 g/mol. The van der Waals surface area contributed by atoms with Gasteiger partial charge in [-0.05, 0) is 24.1 Å². The number of epoxide rings is 1. The Balaban J connectivity index is 1.92. The van der Waals surface area contributed by atoms with Crippen molar-refractivity contribution < 1.29 is 19.4 Å². The van der Waals surface area contributed by atoms with Gasteiger partial charge in [-0.1, -0.05) is 12.1 Å². The van der Waals surface area contributed by atoms with E-state index in [0.717, 1.165) is 5.56 Å². The number of benzene rings is 1. The Morgan fingerprint density at radius 3 is 2.71 bits per heavy atom. The van der Waals surface area contributed by atoms with Crippen LogP contribution >= 0.6 is 0 Å². The predicted octanol–water partition coefficient (Wildman–Crippen LogP) is 0.0172. The van der Waals surface area contributed by atoms with Crippen LogP contribution in [-0.2, 0) is 20.7 Å². The topological polar surface area (TPSA) is 78.9 Å². The zero-order valence-electron chi connectivity index (χ0n) is 9.13. The number of aldehydes is 1. The van der Waals surface area contributed by atoms with Crippen molar-refractivity contribution in [3.63, 3.8) is 0 Å². The van der Waals surface area contributed by atoms with Crippen LogP contribution in [0.15, 0.2) is 24.3 Å². The van der Waals surface area contributed by atoms with Crippen molar-refractivity contribution in [1.82, 2.24) is 5.32 Å². The van der Waals surface area contributed by atoms with Gasteiger partial charge in [0.25, 0.3) is 5.91 Å². The molecule has 1 aliphatic rings. The van der Waals surface area contributed by atoms with Crippen LogP contribution in [-0.4, -0.2) is 36.1 Å². The van der Waals surface area contributed by atoms with Crippen molar-refractivity contribution in [2.45, 2.75) is 18.6 Å². The minimum Gasteiger partial charge on any atom is -0.508 e. The second-order valence-electron chi connectivity index (χ2n) is 3.94. The van der Waals surface area contributed by atoms with Crippen LogP contribution in [0.4, 0.5) is 0 Å². The highest BCUT2D eigenvalue weighted by Gasteiger charge is 2.32. The van der Waals surface area contributed by atoms with E-state index in [-0.39, 0.29) is 11.7 Å². The molecule has 0 spiro atoms. The summed E-state index contributed by atoms with van der Waals surface area (Å²) in [7, 11) is 0. The van der Waals surface area contributed by atoms with E-state index in [0.29, 0.717) is 19.3 Å². The number of amides is 1. The zero-order valence-corrected chi connectivity index (χ0v) is 9.13. The quantitative estimate of drug-likeness (QED) is 0.557. The summed E-state index contributed by atoms with van der Waals surface area (Å²) in [6.07, 6.45) is 0.715. The zero-order chi connectivity index (χ0) is 12.3. The van der Waals surface area contributed by atoms with Crippen molar-refractivity contribution in [2.24, 2.45) is 0 Å². The standard InChI is InChI=1S/C12H13NO4/c14-6-9(13-12(16)11-7-17-11)5-8-1-3-10(15)4-2-8/h1-4,6,9,11,15H,5,7H2,(H,13,16)/t9-,11-/m0/s1. The van der Waals surface area contributed by atoms with Gasteiger partial charge in [-0.3, -0.25) is 4.79 Å². The van der Waals surface area contributed by atoms with Gasteiger partial charge in [0.05, 0.1) is 12.6 Å². The summed E-state index contributed by atoms with van der Waals surface area (Å²) in [4.78, 5) is 22.2. The van der Waals surface area contributed by atoms with Crippen molar-refractivity contribution >= 4 is 12.2 Å². The Labute approximate surface area is 98.4 Å². The minimum atomic E-state index is -0.559. The van der Waals surface area contributed by atoms with Crippen molar-refractivity contribution in [3.8, 4) is 5.75 Å². The van der Waals surface area contributed by atoms with Gasteiger partial charge in [0.15, 0.2) is 6.10 Å². The first-order chi connectivity index (χ1) is 8.19. The third-order valence-electron chi connectivity index (χ3n) is 2.51. The van der Waals surface area contributed by atoms with Gasteiger partial charge in [0, 0.05) is 0 Å². The number of rotatable bonds is 5. The maximum atomic E-state index is 11.4. The molecule has 1 aromatic carbocycles. The first-order valence-electron chi connectivity index (χ1n) is 5.34. The number of carbonyl (C=O) groups is 2. The molecule has 1 heterocycles. The van der Waals surface area contributed by atoms with Crippen LogP contribution < -0.4 is 5.32 Å². The molecule has 0 aromatic heterocycles. The molecule has 1 fully saturated rings. The number of phenolic OH excluding ortho intramolecular Hbond substituents is 1. The number of hydrogen-bond donors (Lipinski definition) is 2. The third kappa shape index (κ3) is 3.29. The van der Waals surface area contributed by atoms with Crippen LogP contribution in [0.5, 0.6) is 5.75 Å². The average Bonchev–Trinajstić information content (AvgIpc) is 3.15. The predicted molar refractivity (Wildman–Crippen MR) is 59.5 cm³/mol. The molecule has 17 heavy (non-hydrogen) atoms. The highest BCUT2D eigenvalue weighted by atomic mass is 16.6. The molecule has 2 N–H and O–H groups in total. The minimum absolute atomic E-state index is 0.173. The molecule has 0 radical (unpaired) electrons. The summed E-state index contributed by atoms with van der Waals surface area (Å²) in [6, 6.07) is 5.96. The second kappa shape index (κ2) is 4.97. The molecule has 90 valence electrons. The van der Waals surface area contributed by atoms with Crippen molar-refractivity contribution in [1.29, 1.82) is 0 Å². The van der Waals surface area contributed by atoms with Gasteiger partial charge in [0.2, 0.25) is 0 Å². The maximum absolute atomic E-state index is 11.4. The van der Waals surface area contributed by atoms with E-state index in [4.69, 9.17) is 9.84 Å². The number of carbonyl (C=O) groups excluding carboxylic acids is 2. The van der Waals surface area contributed by atoms with Crippen LogP contribution in [0, 0.1) is 0 Å². The van der Waals surface area contributed by atoms with Gasteiger partial charge >= 0.3 is 0 Å². The largest absolute Gasteiger partial charge is 0.508 e. The summed E-state index contributed by atoms with van der Waals surface area (Å²) in [6.45, 7) is 0.427. The Kier molecular flexibility index (Phi) is 3.39. The van der Waals surface area contributed by atoms with Gasteiger partial charge in [-0.2, -0.15) is 0 Å². The molecule has 1 saturated heterocycles. The lowest BCUT2D eigenvalue weighted by Crippen LogP contribution is -2.40.